The predicted molar refractivity (Wildman–Crippen MR) is 77.5 cm³/mol. The molecule has 0 bridgehead atoms. The first-order valence-corrected chi connectivity index (χ1v) is 7.69. The van der Waals surface area contributed by atoms with Crippen LogP contribution in [0.25, 0.3) is 0 Å². The van der Waals surface area contributed by atoms with Gasteiger partial charge in [0.2, 0.25) is 5.76 Å². The van der Waals surface area contributed by atoms with Crippen molar-refractivity contribution in [3.8, 4) is 0 Å². The van der Waals surface area contributed by atoms with E-state index in [1.165, 1.54) is 24.8 Å². The van der Waals surface area contributed by atoms with Gasteiger partial charge in [-0.2, -0.15) is 0 Å². The van der Waals surface area contributed by atoms with E-state index < -0.39 is 5.97 Å². The molecule has 116 valence electrons. The second-order valence-electron chi connectivity index (χ2n) is 4.02. The number of hydrogen-bond donors (Lipinski definition) is 0. The fraction of sp³-hybridized carbons (Fsp3) is 0.500. The number of carbonyl (C=O) groups excluding carboxylic acids is 3. The van der Waals surface area contributed by atoms with Gasteiger partial charge in [0.05, 0.1) is 30.3 Å². The van der Waals surface area contributed by atoms with E-state index in [1.807, 2.05) is 0 Å². The van der Waals surface area contributed by atoms with Crippen molar-refractivity contribution in [1.82, 2.24) is 0 Å². The summed E-state index contributed by atoms with van der Waals surface area (Å²) in [5, 5.41) is 0. The summed E-state index contributed by atoms with van der Waals surface area (Å²) in [5.41, 5.74) is 0.328. The maximum Gasteiger partial charge on any atom is 0.374 e. The summed E-state index contributed by atoms with van der Waals surface area (Å²) in [6.07, 6.45) is 0. The van der Waals surface area contributed by atoms with Gasteiger partial charge in [0, 0.05) is 6.07 Å². The molecule has 0 N–H and O–H groups in total. The molecule has 0 aliphatic heterocycles. The van der Waals surface area contributed by atoms with Crippen molar-refractivity contribution >= 4 is 29.5 Å². The number of esters is 2. The van der Waals surface area contributed by atoms with Crippen LogP contribution in [0.3, 0.4) is 0 Å². The summed E-state index contributed by atoms with van der Waals surface area (Å²) in [4.78, 5) is 34.4. The molecule has 0 saturated heterocycles. The van der Waals surface area contributed by atoms with Gasteiger partial charge in [-0.1, -0.05) is 0 Å². The smallest absolute Gasteiger partial charge is 0.374 e. The molecule has 0 aromatic carbocycles. The van der Waals surface area contributed by atoms with Crippen LogP contribution in [0.1, 0.15) is 47.4 Å². The van der Waals surface area contributed by atoms with Crippen LogP contribution < -0.4 is 0 Å². The molecule has 0 saturated carbocycles. The summed E-state index contributed by atoms with van der Waals surface area (Å²) >= 11 is 1.25. The number of Topliss-reactive ketones (excluding diaryl/α,β-unsaturated/α-hetero) is 1. The molecule has 0 aliphatic carbocycles. The Morgan fingerprint density at radius 3 is 2.43 bits per heavy atom. The topological polar surface area (TPSA) is 82.8 Å². The molecule has 1 rings (SSSR count). The van der Waals surface area contributed by atoms with Crippen LogP contribution in [0.15, 0.2) is 10.5 Å². The average molecular weight is 314 g/mol. The molecule has 1 aromatic heterocycles. The van der Waals surface area contributed by atoms with Gasteiger partial charge < -0.3 is 13.9 Å². The molecule has 0 radical (unpaired) electrons. The summed E-state index contributed by atoms with van der Waals surface area (Å²) in [5.74, 6) is -0.339. The average Bonchev–Trinajstić information content (AvgIpc) is 2.84. The summed E-state index contributed by atoms with van der Waals surface area (Å²) < 4.78 is 15.0. The number of ketones is 1. The van der Waals surface area contributed by atoms with Crippen molar-refractivity contribution in [3.63, 3.8) is 0 Å². The summed E-state index contributed by atoms with van der Waals surface area (Å²) in [6.45, 7) is 5.35. The molecule has 0 atom stereocenters. The first kappa shape index (κ1) is 17.3. The van der Waals surface area contributed by atoms with Gasteiger partial charge in [-0.15, -0.1) is 11.8 Å². The zero-order chi connectivity index (χ0) is 15.8. The number of carbonyl (C=O) groups is 3. The molecule has 0 fully saturated rings. The number of furan rings is 1. The fourth-order valence-corrected chi connectivity index (χ4v) is 2.32. The van der Waals surface area contributed by atoms with Crippen LogP contribution in [0.5, 0.6) is 0 Å². The van der Waals surface area contributed by atoms with E-state index >= 15 is 0 Å². The van der Waals surface area contributed by atoms with Crippen LogP contribution in [0, 0.1) is 0 Å². The van der Waals surface area contributed by atoms with Crippen molar-refractivity contribution in [2.45, 2.75) is 26.5 Å². The zero-order valence-electron chi connectivity index (χ0n) is 12.3. The van der Waals surface area contributed by atoms with Gasteiger partial charge in [0.1, 0.15) is 5.76 Å². The van der Waals surface area contributed by atoms with Crippen molar-refractivity contribution in [2.75, 3.05) is 19.0 Å². The second kappa shape index (κ2) is 8.51. The Balaban J connectivity index is 2.73. The van der Waals surface area contributed by atoms with E-state index in [1.54, 1.807) is 13.8 Å². The van der Waals surface area contributed by atoms with E-state index in [2.05, 4.69) is 0 Å². The Labute approximate surface area is 127 Å². The lowest BCUT2D eigenvalue weighted by Crippen LogP contribution is -2.07. The van der Waals surface area contributed by atoms with Crippen molar-refractivity contribution in [3.05, 3.63) is 23.2 Å². The molecule has 1 heterocycles. The molecular formula is C14H18O6S. The second-order valence-corrected chi connectivity index (χ2v) is 5.01. The number of ether oxygens (including phenoxy) is 2. The molecule has 7 heteroatoms. The highest BCUT2D eigenvalue weighted by atomic mass is 32.2. The Bertz CT molecular complexity index is 520. The molecule has 0 aliphatic rings. The normalized spacial score (nSPS) is 10.2. The standard InChI is InChI=1S/C14H18O6S/c1-4-18-13(16)8-21-7-12-10(9(3)15)6-11(20-12)14(17)19-5-2/h6H,4-5,7-8H2,1-3H3. The lowest BCUT2D eigenvalue weighted by Gasteiger charge is -2.01. The number of thioether (sulfide) groups is 1. The van der Waals surface area contributed by atoms with E-state index in [0.29, 0.717) is 23.7 Å². The minimum absolute atomic E-state index is 0.00575. The van der Waals surface area contributed by atoms with E-state index in [9.17, 15) is 14.4 Å². The Morgan fingerprint density at radius 1 is 1.19 bits per heavy atom. The maximum atomic E-state index is 11.6. The van der Waals surface area contributed by atoms with Crippen LogP contribution in [-0.2, 0) is 20.0 Å². The third-order valence-electron chi connectivity index (χ3n) is 2.42. The Morgan fingerprint density at radius 2 is 1.86 bits per heavy atom. The van der Waals surface area contributed by atoms with Crippen LogP contribution in [-0.4, -0.2) is 36.7 Å². The number of hydrogen-bond acceptors (Lipinski definition) is 7. The largest absolute Gasteiger partial charge is 0.465 e. The van der Waals surface area contributed by atoms with Crippen molar-refractivity contribution in [2.24, 2.45) is 0 Å². The quantitative estimate of drug-likeness (QED) is 0.538. The fourth-order valence-electron chi connectivity index (χ4n) is 1.57. The molecule has 0 unspecified atom stereocenters. The highest BCUT2D eigenvalue weighted by Crippen LogP contribution is 2.22. The molecule has 6 nitrogen and oxygen atoms in total. The first-order chi connectivity index (χ1) is 9.99. The van der Waals surface area contributed by atoms with E-state index in [-0.39, 0.29) is 29.9 Å². The lowest BCUT2D eigenvalue weighted by molar-refractivity contribution is -0.139. The van der Waals surface area contributed by atoms with Gasteiger partial charge in [0.15, 0.2) is 5.78 Å². The minimum atomic E-state index is -0.610. The molecule has 0 spiro atoms. The molecule has 0 amide bonds. The summed E-state index contributed by atoms with van der Waals surface area (Å²) in [6, 6.07) is 1.38. The zero-order valence-corrected chi connectivity index (χ0v) is 13.1. The highest BCUT2D eigenvalue weighted by molar-refractivity contribution is 7.99. The van der Waals surface area contributed by atoms with Gasteiger partial charge >= 0.3 is 11.9 Å². The van der Waals surface area contributed by atoms with Crippen LogP contribution >= 0.6 is 11.8 Å². The van der Waals surface area contributed by atoms with Gasteiger partial charge in [-0.3, -0.25) is 9.59 Å². The first-order valence-electron chi connectivity index (χ1n) is 6.53. The van der Waals surface area contributed by atoms with E-state index in [0.717, 1.165) is 0 Å². The molecular weight excluding hydrogens is 296 g/mol. The molecule has 21 heavy (non-hydrogen) atoms. The third kappa shape index (κ3) is 5.26. The third-order valence-corrected chi connectivity index (χ3v) is 3.33. The van der Waals surface area contributed by atoms with Gasteiger partial charge in [-0.05, 0) is 20.8 Å². The molecule has 1 aromatic rings. The van der Waals surface area contributed by atoms with Gasteiger partial charge in [-0.25, -0.2) is 4.79 Å². The minimum Gasteiger partial charge on any atom is -0.465 e. The SMILES string of the molecule is CCOC(=O)CSCc1oc(C(=O)OCC)cc1C(C)=O. The Hall–Kier alpha value is -1.76. The lowest BCUT2D eigenvalue weighted by atomic mass is 10.2. The predicted octanol–water partition coefficient (Wildman–Crippen LogP) is 2.46. The van der Waals surface area contributed by atoms with Crippen LogP contribution in [0.2, 0.25) is 0 Å². The van der Waals surface area contributed by atoms with Gasteiger partial charge in [0.25, 0.3) is 0 Å². The van der Waals surface area contributed by atoms with Crippen molar-refractivity contribution in [1.29, 1.82) is 0 Å². The van der Waals surface area contributed by atoms with E-state index in [4.69, 9.17) is 13.9 Å². The number of rotatable bonds is 8. The summed E-state index contributed by atoms with van der Waals surface area (Å²) in [7, 11) is 0. The monoisotopic (exact) mass is 314 g/mol. The van der Waals surface area contributed by atoms with Crippen LogP contribution in [0.4, 0.5) is 0 Å². The highest BCUT2D eigenvalue weighted by Gasteiger charge is 2.20. The maximum absolute atomic E-state index is 11.6. The van der Waals surface area contributed by atoms with Crippen molar-refractivity contribution < 1.29 is 28.3 Å². The Kier molecular flexibility index (Phi) is 7.01.